The summed E-state index contributed by atoms with van der Waals surface area (Å²) in [4.78, 5) is 12.4. The third kappa shape index (κ3) is 2.91. The normalized spacial score (nSPS) is 16.7. The van der Waals surface area contributed by atoms with E-state index in [1.165, 1.54) is 0 Å². The van der Waals surface area contributed by atoms with Gasteiger partial charge in [-0.25, -0.2) is 4.68 Å². The SMILES string of the molecule is Cc1ccccc1-n1nc(C)c2c1NC(=O)CS[C@@H]2c1ccccc1Cl. The molecule has 0 radical (unpaired) electrons. The van der Waals surface area contributed by atoms with Crippen LogP contribution >= 0.6 is 23.4 Å². The molecule has 1 aliphatic rings. The highest BCUT2D eigenvalue weighted by Crippen LogP contribution is 2.45. The first-order valence-corrected chi connectivity index (χ1v) is 9.80. The summed E-state index contributed by atoms with van der Waals surface area (Å²) in [6, 6.07) is 15.8. The summed E-state index contributed by atoms with van der Waals surface area (Å²) >= 11 is 8.05. The molecule has 2 aromatic carbocycles. The van der Waals surface area contributed by atoms with Crippen molar-refractivity contribution in [3.05, 3.63) is 75.9 Å². The summed E-state index contributed by atoms with van der Waals surface area (Å²) in [6.07, 6.45) is 0. The van der Waals surface area contributed by atoms with Crippen LogP contribution in [0.15, 0.2) is 48.5 Å². The number of anilines is 1. The second-order valence-corrected chi connectivity index (χ2v) is 7.81. The number of hydrogen-bond acceptors (Lipinski definition) is 3. The van der Waals surface area contributed by atoms with E-state index in [0.29, 0.717) is 10.8 Å². The third-order valence-corrected chi connectivity index (χ3v) is 6.14. The zero-order valence-corrected chi connectivity index (χ0v) is 16.1. The lowest BCUT2D eigenvalue weighted by Gasteiger charge is -2.17. The van der Waals surface area contributed by atoms with E-state index in [9.17, 15) is 4.79 Å². The Bertz CT molecular complexity index is 998. The van der Waals surface area contributed by atoms with E-state index in [0.717, 1.165) is 33.9 Å². The summed E-state index contributed by atoms with van der Waals surface area (Å²) in [5, 5.41) is 8.46. The fourth-order valence-corrected chi connectivity index (χ4v) is 4.83. The van der Waals surface area contributed by atoms with Gasteiger partial charge in [0.25, 0.3) is 0 Å². The standard InChI is InChI=1S/C20H18ClN3OS/c1-12-7-3-6-10-16(12)24-20-18(13(2)23-24)19(26-11-17(25)22-20)14-8-4-5-9-15(14)21/h3-10,19H,11H2,1-2H3,(H,22,25)/t19-/m1/s1. The van der Waals surface area contributed by atoms with Gasteiger partial charge in [0.2, 0.25) is 5.91 Å². The van der Waals surface area contributed by atoms with Crippen molar-refractivity contribution in [3.63, 3.8) is 0 Å². The maximum absolute atomic E-state index is 12.4. The van der Waals surface area contributed by atoms with Crippen LogP contribution in [0.5, 0.6) is 0 Å². The minimum absolute atomic E-state index is 0.0273. The summed E-state index contributed by atoms with van der Waals surface area (Å²) in [7, 11) is 0. The Morgan fingerprint density at radius 2 is 1.88 bits per heavy atom. The van der Waals surface area contributed by atoms with Crippen molar-refractivity contribution < 1.29 is 4.79 Å². The smallest absolute Gasteiger partial charge is 0.235 e. The largest absolute Gasteiger partial charge is 0.310 e. The van der Waals surface area contributed by atoms with Crippen LogP contribution in [0.25, 0.3) is 5.69 Å². The van der Waals surface area contributed by atoms with Crippen LogP contribution in [0.1, 0.15) is 27.6 Å². The Hall–Kier alpha value is -2.24. The van der Waals surface area contributed by atoms with Gasteiger partial charge in [-0.05, 0) is 37.1 Å². The van der Waals surface area contributed by atoms with Crippen molar-refractivity contribution in [1.29, 1.82) is 0 Å². The van der Waals surface area contributed by atoms with Gasteiger partial charge >= 0.3 is 0 Å². The van der Waals surface area contributed by atoms with E-state index < -0.39 is 0 Å². The molecule has 1 amide bonds. The number of halogens is 1. The first-order valence-electron chi connectivity index (χ1n) is 8.37. The molecular formula is C20H18ClN3OS. The van der Waals surface area contributed by atoms with Gasteiger partial charge in [0.15, 0.2) is 0 Å². The lowest BCUT2D eigenvalue weighted by molar-refractivity contribution is -0.113. The predicted molar refractivity (Wildman–Crippen MR) is 107 cm³/mol. The van der Waals surface area contributed by atoms with Crippen LogP contribution in [0.4, 0.5) is 5.82 Å². The maximum Gasteiger partial charge on any atom is 0.235 e. The highest BCUT2D eigenvalue weighted by Gasteiger charge is 2.31. The molecule has 0 aliphatic carbocycles. The summed E-state index contributed by atoms with van der Waals surface area (Å²) in [5.74, 6) is 1.08. The number of nitrogens with zero attached hydrogens (tertiary/aromatic N) is 2. The molecule has 0 saturated carbocycles. The van der Waals surface area contributed by atoms with Gasteiger partial charge in [0, 0.05) is 10.6 Å². The molecule has 6 heteroatoms. The molecule has 0 bridgehead atoms. The minimum Gasteiger partial charge on any atom is -0.310 e. The summed E-state index contributed by atoms with van der Waals surface area (Å²) in [6.45, 7) is 4.02. The predicted octanol–water partition coefficient (Wildman–Crippen LogP) is 4.92. The molecule has 1 aromatic heterocycles. The molecule has 1 N–H and O–H groups in total. The Kier molecular flexibility index (Phi) is 4.51. The quantitative estimate of drug-likeness (QED) is 0.683. The molecule has 4 nitrogen and oxygen atoms in total. The van der Waals surface area contributed by atoms with E-state index in [4.69, 9.17) is 16.7 Å². The molecule has 0 saturated heterocycles. The molecule has 3 aromatic rings. The van der Waals surface area contributed by atoms with E-state index in [2.05, 4.69) is 5.32 Å². The Labute approximate surface area is 161 Å². The van der Waals surface area contributed by atoms with Crippen LogP contribution in [-0.4, -0.2) is 21.4 Å². The van der Waals surface area contributed by atoms with Crippen molar-refractivity contribution in [2.24, 2.45) is 0 Å². The molecule has 0 unspecified atom stereocenters. The second-order valence-electron chi connectivity index (χ2n) is 6.31. The molecular weight excluding hydrogens is 366 g/mol. The van der Waals surface area contributed by atoms with Crippen molar-refractivity contribution >= 4 is 35.1 Å². The summed E-state index contributed by atoms with van der Waals surface area (Å²) < 4.78 is 1.84. The molecule has 132 valence electrons. The topological polar surface area (TPSA) is 46.9 Å². The van der Waals surface area contributed by atoms with Crippen molar-refractivity contribution in [2.75, 3.05) is 11.1 Å². The fourth-order valence-electron chi connectivity index (χ4n) is 3.29. The van der Waals surface area contributed by atoms with Gasteiger partial charge in [-0.15, -0.1) is 11.8 Å². The van der Waals surface area contributed by atoms with Crippen LogP contribution in [0.3, 0.4) is 0 Å². The minimum atomic E-state index is -0.0459. The number of amides is 1. The molecule has 1 atom stereocenters. The molecule has 4 rings (SSSR count). The number of rotatable bonds is 2. The zero-order valence-electron chi connectivity index (χ0n) is 14.5. The third-order valence-electron chi connectivity index (χ3n) is 4.54. The van der Waals surface area contributed by atoms with E-state index >= 15 is 0 Å². The molecule has 2 heterocycles. The van der Waals surface area contributed by atoms with E-state index in [1.807, 2.05) is 67.1 Å². The lowest BCUT2D eigenvalue weighted by Crippen LogP contribution is -2.16. The Balaban J connectivity index is 1.94. The van der Waals surface area contributed by atoms with E-state index in [-0.39, 0.29) is 11.2 Å². The van der Waals surface area contributed by atoms with Gasteiger partial charge in [0.05, 0.1) is 22.4 Å². The van der Waals surface area contributed by atoms with Gasteiger partial charge in [0.1, 0.15) is 5.82 Å². The lowest BCUT2D eigenvalue weighted by atomic mass is 10.0. The average molecular weight is 384 g/mol. The van der Waals surface area contributed by atoms with Gasteiger partial charge in [-0.1, -0.05) is 48.0 Å². The average Bonchev–Trinajstić information content (AvgIpc) is 2.82. The fraction of sp³-hybridized carbons (Fsp3) is 0.200. The van der Waals surface area contributed by atoms with Crippen LogP contribution in [0, 0.1) is 13.8 Å². The monoisotopic (exact) mass is 383 g/mol. The number of thioether (sulfide) groups is 1. The van der Waals surface area contributed by atoms with Crippen LogP contribution in [0.2, 0.25) is 5.02 Å². The number of benzene rings is 2. The van der Waals surface area contributed by atoms with E-state index in [1.54, 1.807) is 11.8 Å². The maximum atomic E-state index is 12.4. The number of carbonyl (C=O) groups is 1. The Morgan fingerprint density at radius 1 is 1.15 bits per heavy atom. The number of carbonyl (C=O) groups excluding carboxylic acids is 1. The number of aromatic nitrogens is 2. The van der Waals surface area contributed by atoms with Crippen molar-refractivity contribution in [2.45, 2.75) is 19.1 Å². The summed E-state index contributed by atoms with van der Waals surface area (Å²) in [5.41, 5.74) is 4.96. The number of fused-ring (bicyclic) bond motifs is 1. The molecule has 0 spiro atoms. The Morgan fingerprint density at radius 3 is 2.65 bits per heavy atom. The highest BCUT2D eigenvalue weighted by atomic mass is 35.5. The highest BCUT2D eigenvalue weighted by molar-refractivity contribution is 8.00. The first kappa shape index (κ1) is 17.2. The zero-order chi connectivity index (χ0) is 18.3. The van der Waals surface area contributed by atoms with Crippen LogP contribution < -0.4 is 5.32 Å². The van der Waals surface area contributed by atoms with Gasteiger partial charge < -0.3 is 5.32 Å². The second kappa shape index (κ2) is 6.82. The first-order chi connectivity index (χ1) is 12.6. The van der Waals surface area contributed by atoms with Gasteiger partial charge in [-0.2, -0.15) is 5.10 Å². The van der Waals surface area contributed by atoms with Crippen molar-refractivity contribution in [1.82, 2.24) is 9.78 Å². The van der Waals surface area contributed by atoms with Gasteiger partial charge in [-0.3, -0.25) is 4.79 Å². The molecule has 26 heavy (non-hydrogen) atoms. The number of para-hydroxylation sites is 1. The number of aryl methyl sites for hydroxylation is 2. The number of nitrogens with one attached hydrogen (secondary N) is 1. The number of hydrogen-bond donors (Lipinski definition) is 1. The van der Waals surface area contributed by atoms with Crippen molar-refractivity contribution in [3.8, 4) is 5.69 Å². The van der Waals surface area contributed by atoms with Crippen LogP contribution in [-0.2, 0) is 4.79 Å². The molecule has 0 fully saturated rings. The molecule has 1 aliphatic heterocycles.